The van der Waals surface area contributed by atoms with Crippen molar-refractivity contribution in [1.82, 2.24) is 10.6 Å². The highest BCUT2D eigenvalue weighted by atomic mass is 16.2. The van der Waals surface area contributed by atoms with Crippen LogP contribution in [0.1, 0.15) is 26.2 Å². The number of hydrogen-bond donors (Lipinski definition) is 2. The van der Waals surface area contributed by atoms with Crippen LogP contribution in [-0.4, -0.2) is 24.9 Å². The predicted octanol–water partition coefficient (Wildman–Crippen LogP) is 0.179. The zero-order chi connectivity index (χ0) is 12.0. The minimum Gasteiger partial charge on any atom is -0.348 e. The molecule has 0 bridgehead atoms. The van der Waals surface area contributed by atoms with Crippen LogP contribution in [0.2, 0.25) is 0 Å². The van der Waals surface area contributed by atoms with E-state index in [2.05, 4.69) is 17.6 Å². The van der Waals surface area contributed by atoms with Crippen molar-refractivity contribution >= 4 is 11.8 Å². The molecule has 0 saturated heterocycles. The van der Waals surface area contributed by atoms with E-state index in [0.717, 1.165) is 6.42 Å². The molecule has 2 N–H and O–H groups in total. The van der Waals surface area contributed by atoms with Crippen LogP contribution in [0.15, 0.2) is 0 Å². The van der Waals surface area contributed by atoms with E-state index >= 15 is 0 Å². The lowest BCUT2D eigenvalue weighted by Crippen LogP contribution is -2.42. The molecule has 1 fully saturated rings. The monoisotopic (exact) mass is 223 g/mol. The summed E-state index contributed by atoms with van der Waals surface area (Å²) in [6.07, 6.45) is 3.50. The van der Waals surface area contributed by atoms with Crippen LogP contribution in [0.3, 0.4) is 0 Å². The summed E-state index contributed by atoms with van der Waals surface area (Å²) in [7, 11) is 0. The SMILES string of the molecule is CC1CCCC1CNC(=O)C(=O)NCC#N. The normalized spacial score (nSPS) is 23.5. The fraction of sp³-hybridized carbons (Fsp3) is 0.727. The van der Waals surface area contributed by atoms with Gasteiger partial charge in [0.2, 0.25) is 0 Å². The number of rotatable bonds is 3. The number of hydrogen-bond acceptors (Lipinski definition) is 3. The second-order valence-electron chi connectivity index (χ2n) is 4.22. The number of nitrogens with one attached hydrogen (secondary N) is 2. The lowest BCUT2D eigenvalue weighted by Gasteiger charge is -2.15. The molecule has 0 heterocycles. The van der Waals surface area contributed by atoms with Gasteiger partial charge in [0.1, 0.15) is 6.54 Å². The smallest absolute Gasteiger partial charge is 0.310 e. The summed E-state index contributed by atoms with van der Waals surface area (Å²) in [5.74, 6) is -0.281. The summed E-state index contributed by atoms with van der Waals surface area (Å²) >= 11 is 0. The summed E-state index contributed by atoms with van der Waals surface area (Å²) in [5, 5.41) is 13.0. The average Bonchev–Trinajstić information content (AvgIpc) is 2.68. The third-order valence-corrected chi connectivity index (χ3v) is 3.10. The molecule has 0 aliphatic heterocycles. The third kappa shape index (κ3) is 3.54. The molecular weight excluding hydrogens is 206 g/mol. The summed E-state index contributed by atoms with van der Waals surface area (Å²) in [5.41, 5.74) is 0. The third-order valence-electron chi connectivity index (χ3n) is 3.10. The molecule has 1 aliphatic carbocycles. The lowest BCUT2D eigenvalue weighted by atomic mass is 9.98. The van der Waals surface area contributed by atoms with Gasteiger partial charge >= 0.3 is 11.8 Å². The van der Waals surface area contributed by atoms with Gasteiger partial charge in [0, 0.05) is 6.54 Å². The first kappa shape index (κ1) is 12.5. The van der Waals surface area contributed by atoms with Gasteiger partial charge in [-0.25, -0.2) is 0 Å². The Kier molecular flexibility index (Phi) is 4.77. The lowest BCUT2D eigenvalue weighted by molar-refractivity contribution is -0.139. The van der Waals surface area contributed by atoms with Gasteiger partial charge in [0.05, 0.1) is 6.07 Å². The van der Waals surface area contributed by atoms with Crippen molar-refractivity contribution in [1.29, 1.82) is 5.26 Å². The van der Waals surface area contributed by atoms with Crippen molar-refractivity contribution in [3.05, 3.63) is 0 Å². The molecule has 2 atom stereocenters. The van der Waals surface area contributed by atoms with Crippen LogP contribution in [0.5, 0.6) is 0 Å². The molecule has 1 saturated carbocycles. The Morgan fingerprint density at radius 3 is 2.56 bits per heavy atom. The van der Waals surface area contributed by atoms with E-state index in [9.17, 15) is 9.59 Å². The van der Waals surface area contributed by atoms with Crippen LogP contribution >= 0.6 is 0 Å². The van der Waals surface area contributed by atoms with Crippen LogP contribution in [0.4, 0.5) is 0 Å². The Hall–Kier alpha value is -1.57. The molecule has 0 aromatic carbocycles. The van der Waals surface area contributed by atoms with Crippen molar-refractivity contribution in [2.24, 2.45) is 11.8 Å². The minimum absolute atomic E-state index is 0.133. The summed E-state index contributed by atoms with van der Waals surface area (Å²) in [6.45, 7) is 2.59. The van der Waals surface area contributed by atoms with Gasteiger partial charge in [-0.1, -0.05) is 19.8 Å². The fourth-order valence-electron chi connectivity index (χ4n) is 2.03. The molecule has 2 amide bonds. The number of carbonyl (C=O) groups excluding carboxylic acids is 2. The molecule has 0 spiro atoms. The second-order valence-corrected chi connectivity index (χ2v) is 4.22. The number of amides is 2. The number of nitriles is 1. The minimum atomic E-state index is -0.729. The predicted molar refractivity (Wildman–Crippen MR) is 58.1 cm³/mol. The van der Waals surface area contributed by atoms with E-state index in [1.165, 1.54) is 12.8 Å². The Morgan fingerprint density at radius 1 is 1.31 bits per heavy atom. The standard InChI is InChI=1S/C11H17N3O2/c1-8-3-2-4-9(8)7-14-11(16)10(15)13-6-5-12/h8-9H,2-4,6-7H2,1H3,(H,13,15)(H,14,16). The van der Waals surface area contributed by atoms with Crippen LogP contribution < -0.4 is 10.6 Å². The Bertz CT molecular complexity index is 309. The van der Waals surface area contributed by atoms with Gasteiger partial charge in [-0.3, -0.25) is 9.59 Å². The first-order valence-corrected chi connectivity index (χ1v) is 5.58. The largest absolute Gasteiger partial charge is 0.348 e. The Morgan fingerprint density at radius 2 is 2.00 bits per heavy atom. The summed E-state index contributed by atoms with van der Waals surface area (Å²) in [6, 6.07) is 1.75. The van der Waals surface area contributed by atoms with E-state index in [0.29, 0.717) is 18.4 Å². The van der Waals surface area contributed by atoms with Crippen molar-refractivity contribution in [3.63, 3.8) is 0 Å². The zero-order valence-corrected chi connectivity index (χ0v) is 9.45. The van der Waals surface area contributed by atoms with Gasteiger partial charge < -0.3 is 10.6 Å². The quantitative estimate of drug-likeness (QED) is 0.529. The molecule has 5 heteroatoms. The van der Waals surface area contributed by atoms with E-state index < -0.39 is 11.8 Å². The highest BCUT2D eigenvalue weighted by Crippen LogP contribution is 2.30. The van der Waals surface area contributed by atoms with Crippen molar-refractivity contribution in [2.45, 2.75) is 26.2 Å². The van der Waals surface area contributed by atoms with Crippen molar-refractivity contribution in [3.8, 4) is 6.07 Å². The summed E-state index contributed by atoms with van der Waals surface area (Å²) < 4.78 is 0. The zero-order valence-electron chi connectivity index (χ0n) is 9.45. The topological polar surface area (TPSA) is 82.0 Å². The molecular formula is C11H17N3O2. The van der Waals surface area contributed by atoms with Gasteiger partial charge in [-0.2, -0.15) is 5.26 Å². The number of carbonyl (C=O) groups is 2. The fourth-order valence-corrected chi connectivity index (χ4v) is 2.03. The van der Waals surface area contributed by atoms with Gasteiger partial charge in [-0.05, 0) is 18.3 Å². The molecule has 88 valence electrons. The molecule has 1 rings (SSSR count). The van der Waals surface area contributed by atoms with Gasteiger partial charge in [0.25, 0.3) is 0 Å². The van der Waals surface area contributed by atoms with Gasteiger partial charge in [0.15, 0.2) is 0 Å². The van der Waals surface area contributed by atoms with Crippen molar-refractivity contribution < 1.29 is 9.59 Å². The molecule has 0 aromatic heterocycles. The second kappa shape index (κ2) is 6.11. The van der Waals surface area contributed by atoms with Crippen LogP contribution in [0.25, 0.3) is 0 Å². The summed E-state index contributed by atoms with van der Waals surface area (Å²) in [4.78, 5) is 22.4. The molecule has 0 aromatic rings. The van der Waals surface area contributed by atoms with Gasteiger partial charge in [-0.15, -0.1) is 0 Å². The van der Waals surface area contributed by atoms with E-state index in [1.807, 2.05) is 0 Å². The average molecular weight is 223 g/mol. The molecule has 16 heavy (non-hydrogen) atoms. The van der Waals surface area contributed by atoms with E-state index in [-0.39, 0.29) is 6.54 Å². The van der Waals surface area contributed by atoms with E-state index in [1.54, 1.807) is 6.07 Å². The Balaban J connectivity index is 2.24. The van der Waals surface area contributed by atoms with E-state index in [4.69, 9.17) is 5.26 Å². The first-order chi connectivity index (χ1) is 7.65. The highest BCUT2D eigenvalue weighted by Gasteiger charge is 2.24. The van der Waals surface area contributed by atoms with Crippen LogP contribution in [-0.2, 0) is 9.59 Å². The molecule has 2 unspecified atom stereocenters. The molecule has 0 radical (unpaired) electrons. The highest BCUT2D eigenvalue weighted by molar-refractivity contribution is 6.35. The van der Waals surface area contributed by atoms with Crippen molar-refractivity contribution in [2.75, 3.05) is 13.1 Å². The van der Waals surface area contributed by atoms with Crippen LogP contribution in [0, 0.1) is 23.2 Å². The molecule has 1 aliphatic rings. The number of nitrogens with zero attached hydrogens (tertiary/aromatic N) is 1. The maximum Gasteiger partial charge on any atom is 0.310 e. The maximum absolute atomic E-state index is 11.3. The maximum atomic E-state index is 11.3. The Labute approximate surface area is 95.2 Å². The first-order valence-electron chi connectivity index (χ1n) is 5.58. The molecule has 5 nitrogen and oxygen atoms in total.